The molecule has 128 valence electrons. The molecule has 24 heavy (non-hydrogen) atoms. The monoisotopic (exact) mass is 345 g/mol. The molecule has 3 unspecified atom stereocenters. The maximum Gasteiger partial charge on any atom is 0.182 e. The highest BCUT2D eigenvalue weighted by molar-refractivity contribution is 7.92. The van der Waals surface area contributed by atoms with E-state index >= 15 is 0 Å². The summed E-state index contributed by atoms with van der Waals surface area (Å²) in [7, 11) is -3.56. The van der Waals surface area contributed by atoms with E-state index in [1.54, 1.807) is 24.3 Å². The van der Waals surface area contributed by atoms with Crippen LogP contribution in [0, 0.1) is 19.3 Å². The largest absolute Gasteiger partial charge is 0.396 e. The second-order valence-electron chi connectivity index (χ2n) is 6.76. The summed E-state index contributed by atoms with van der Waals surface area (Å²) in [4.78, 5) is 0.291. The minimum atomic E-state index is -3.56. The van der Waals surface area contributed by atoms with Crippen LogP contribution in [0.25, 0.3) is 0 Å². The Labute approximate surface area is 143 Å². The molecule has 0 amide bonds. The molecule has 3 rings (SSSR count). The quantitative estimate of drug-likeness (QED) is 0.870. The van der Waals surface area contributed by atoms with Gasteiger partial charge in [-0.25, -0.2) is 8.42 Å². The molecule has 3 atom stereocenters. The van der Waals surface area contributed by atoms with E-state index in [-0.39, 0.29) is 19.1 Å². The van der Waals surface area contributed by atoms with Gasteiger partial charge in [-0.2, -0.15) is 0 Å². The molecule has 0 aromatic heterocycles. The van der Waals surface area contributed by atoms with Gasteiger partial charge in [0.25, 0.3) is 0 Å². The van der Waals surface area contributed by atoms with Gasteiger partial charge in [0.15, 0.2) is 9.84 Å². The summed E-state index contributed by atoms with van der Waals surface area (Å²) in [5.41, 5.74) is 8.13. The van der Waals surface area contributed by atoms with Gasteiger partial charge < -0.3 is 10.8 Å². The maximum absolute atomic E-state index is 13.1. The van der Waals surface area contributed by atoms with Crippen molar-refractivity contribution in [2.45, 2.75) is 29.9 Å². The van der Waals surface area contributed by atoms with Crippen molar-refractivity contribution in [3.63, 3.8) is 0 Å². The highest BCUT2D eigenvalue weighted by atomic mass is 32.2. The first-order valence-electron chi connectivity index (χ1n) is 8.05. The first-order chi connectivity index (χ1) is 11.4. The third kappa shape index (κ3) is 2.57. The van der Waals surface area contributed by atoms with Gasteiger partial charge >= 0.3 is 0 Å². The predicted octanol–water partition coefficient (Wildman–Crippen LogP) is 2.18. The molecule has 3 N–H and O–H groups in total. The average molecular weight is 345 g/mol. The van der Waals surface area contributed by atoms with E-state index in [0.29, 0.717) is 4.90 Å². The number of hydrogen-bond donors (Lipinski definition) is 2. The van der Waals surface area contributed by atoms with Gasteiger partial charge in [-0.05, 0) is 31.5 Å². The molecule has 0 bridgehead atoms. The van der Waals surface area contributed by atoms with Crippen molar-refractivity contribution in [2.75, 3.05) is 13.2 Å². The second kappa shape index (κ2) is 5.99. The number of nitrogens with two attached hydrogens (primary N) is 1. The molecule has 1 saturated carbocycles. The van der Waals surface area contributed by atoms with Crippen LogP contribution in [0.1, 0.15) is 22.6 Å². The topological polar surface area (TPSA) is 80.4 Å². The molecule has 2 aromatic rings. The lowest BCUT2D eigenvalue weighted by atomic mass is 9.99. The molecule has 2 aromatic carbocycles. The summed E-state index contributed by atoms with van der Waals surface area (Å²) >= 11 is 0. The van der Waals surface area contributed by atoms with E-state index in [9.17, 15) is 13.5 Å². The van der Waals surface area contributed by atoms with Crippen LogP contribution in [0.3, 0.4) is 0 Å². The third-order valence-corrected chi connectivity index (χ3v) is 7.51. The highest BCUT2D eigenvalue weighted by Crippen LogP contribution is 2.63. The standard InChI is InChI=1S/C19H23NO3S/c1-13-3-7-15(8-4-13)17-18(19(17,11-20)12-21)24(22,23)16-9-5-14(2)6-10-16/h3-10,17-18,21H,11-12,20H2,1-2H3. The van der Waals surface area contributed by atoms with Crippen LogP contribution in [0.2, 0.25) is 0 Å². The summed E-state index contributed by atoms with van der Waals surface area (Å²) in [6, 6.07) is 14.6. The fraction of sp³-hybridized carbons (Fsp3) is 0.368. The van der Waals surface area contributed by atoms with Crippen molar-refractivity contribution in [2.24, 2.45) is 11.1 Å². The SMILES string of the molecule is Cc1ccc(C2C(S(=O)(=O)c3ccc(C)cc3)C2(CN)CO)cc1. The van der Waals surface area contributed by atoms with E-state index in [1.807, 2.05) is 38.1 Å². The lowest BCUT2D eigenvalue weighted by Crippen LogP contribution is -2.27. The Morgan fingerprint density at radius 2 is 1.50 bits per heavy atom. The van der Waals surface area contributed by atoms with Crippen LogP contribution in [-0.4, -0.2) is 31.9 Å². The van der Waals surface area contributed by atoms with Gasteiger partial charge in [-0.3, -0.25) is 0 Å². The Kier molecular flexibility index (Phi) is 4.28. The Hall–Kier alpha value is -1.69. The number of hydrogen-bond acceptors (Lipinski definition) is 4. The third-order valence-electron chi connectivity index (χ3n) is 5.17. The van der Waals surface area contributed by atoms with E-state index in [1.165, 1.54) is 0 Å². The fourth-order valence-electron chi connectivity index (χ4n) is 3.59. The number of aliphatic hydroxyl groups excluding tert-OH is 1. The molecular weight excluding hydrogens is 322 g/mol. The number of aryl methyl sites for hydroxylation is 2. The van der Waals surface area contributed by atoms with Crippen LogP contribution in [0.5, 0.6) is 0 Å². The van der Waals surface area contributed by atoms with Crippen molar-refractivity contribution >= 4 is 9.84 Å². The minimum absolute atomic E-state index is 0.137. The first kappa shape index (κ1) is 17.1. The maximum atomic E-state index is 13.1. The van der Waals surface area contributed by atoms with E-state index in [4.69, 9.17) is 5.73 Å². The summed E-state index contributed by atoms with van der Waals surface area (Å²) in [6.07, 6.45) is 0. The number of benzene rings is 2. The number of aliphatic hydroxyl groups is 1. The summed E-state index contributed by atoms with van der Waals surface area (Å²) in [6.45, 7) is 3.80. The number of sulfone groups is 1. The van der Waals surface area contributed by atoms with E-state index in [0.717, 1.165) is 16.7 Å². The molecule has 0 spiro atoms. The minimum Gasteiger partial charge on any atom is -0.396 e. The normalized spacial score (nSPS) is 26.3. The molecule has 0 aliphatic heterocycles. The van der Waals surface area contributed by atoms with Crippen molar-refractivity contribution in [3.05, 3.63) is 65.2 Å². The van der Waals surface area contributed by atoms with Gasteiger partial charge in [-0.15, -0.1) is 0 Å². The summed E-state index contributed by atoms with van der Waals surface area (Å²) in [5, 5.41) is 9.23. The molecule has 1 aliphatic rings. The van der Waals surface area contributed by atoms with Gasteiger partial charge in [0.2, 0.25) is 0 Å². The summed E-state index contributed by atoms with van der Waals surface area (Å²) < 4.78 is 26.2. The van der Waals surface area contributed by atoms with Crippen LogP contribution in [-0.2, 0) is 9.84 Å². The second-order valence-corrected chi connectivity index (χ2v) is 8.83. The van der Waals surface area contributed by atoms with E-state index in [2.05, 4.69) is 0 Å². The lowest BCUT2D eigenvalue weighted by molar-refractivity contribution is 0.212. The first-order valence-corrected chi connectivity index (χ1v) is 9.59. The Balaban J connectivity index is 2.04. The average Bonchev–Trinajstić information content (AvgIpc) is 3.26. The summed E-state index contributed by atoms with van der Waals surface area (Å²) in [5.74, 6) is -0.278. The van der Waals surface area contributed by atoms with Gasteiger partial charge in [-0.1, -0.05) is 47.5 Å². The van der Waals surface area contributed by atoms with Gasteiger partial charge in [0.1, 0.15) is 0 Å². The molecule has 1 aliphatic carbocycles. The van der Waals surface area contributed by atoms with Crippen molar-refractivity contribution < 1.29 is 13.5 Å². The van der Waals surface area contributed by atoms with Gasteiger partial charge in [0.05, 0.1) is 16.8 Å². The van der Waals surface area contributed by atoms with Crippen LogP contribution < -0.4 is 5.73 Å². The van der Waals surface area contributed by atoms with Crippen LogP contribution >= 0.6 is 0 Å². The number of rotatable bonds is 5. The Bertz CT molecular complexity index is 822. The van der Waals surface area contributed by atoms with E-state index < -0.39 is 20.5 Å². The zero-order chi connectivity index (χ0) is 17.5. The Morgan fingerprint density at radius 3 is 1.96 bits per heavy atom. The fourth-order valence-corrected chi connectivity index (χ4v) is 6.04. The molecule has 0 heterocycles. The van der Waals surface area contributed by atoms with Crippen molar-refractivity contribution in [1.29, 1.82) is 0 Å². The van der Waals surface area contributed by atoms with Gasteiger partial charge in [0, 0.05) is 17.9 Å². The molecule has 1 fully saturated rings. The Morgan fingerprint density at radius 1 is 1.00 bits per heavy atom. The lowest BCUT2D eigenvalue weighted by Gasteiger charge is -2.12. The smallest absolute Gasteiger partial charge is 0.182 e. The van der Waals surface area contributed by atoms with Crippen molar-refractivity contribution in [1.82, 2.24) is 0 Å². The van der Waals surface area contributed by atoms with Crippen LogP contribution in [0.15, 0.2) is 53.4 Å². The molecule has 4 nitrogen and oxygen atoms in total. The predicted molar refractivity (Wildman–Crippen MR) is 94.6 cm³/mol. The molecule has 5 heteroatoms. The molecule has 0 radical (unpaired) electrons. The molecular formula is C19H23NO3S. The molecule has 0 saturated heterocycles. The highest BCUT2D eigenvalue weighted by Gasteiger charge is 2.70. The zero-order valence-electron chi connectivity index (χ0n) is 13.9. The van der Waals surface area contributed by atoms with Crippen LogP contribution in [0.4, 0.5) is 0 Å². The van der Waals surface area contributed by atoms with Crippen molar-refractivity contribution in [3.8, 4) is 0 Å². The zero-order valence-corrected chi connectivity index (χ0v) is 14.8.